The molecule has 1 heterocycles. The SMILES string of the molecule is CC1Cc2ccccc2N1S(=O)(=O)c1ccc(Br)cc1Br. The molecule has 2 aromatic carbocycles. The fourth-order valence-corrected chi connectivity index (χ4v) is 6.10. The highest BCUT2D eigenvalue weighted by Crippen LogP contribution is 2.38. The number of hydrogen-bond acceptors (Lipinski definition) is 2. The molecule has 0 bridgehead atoms. The van der Waals surface area contributed by atoms with E-state index in [-0.39, 0.29) is 10.9 Å². The summed E-state index contributed by atoms with van der Waals surface area (Å²) >= 11 is 6.70. The zero-order valence-corrected chi connectivity index (χ0v) is 15.2. The van der Waals surface area contributed by atoms with E-state index in [0.29, 0.717) is 4.47 Å². The molecule has 3 nitrogen and oxygen atoms in total. The average molecular weight is 431 g/mol. The average Bonchev–Trinajstić information content (AvgIpc) is 2.74. The third kappa shape index (κ3) is 2.53. The molecule has 0 aromatic heterocycles. The molecule has 0 amide bonds. The molecule has 0 saturated carbocycles. The number of fused-ring (bicyclic) bond motifs is 1. The Bertz CT molecular complexity index is 805. The number of anilines is 1. The maximum atomic E-state index is 13.0. The van der Waals surface area contributed by atoms with Gasteiger partial charge in [0.05, 0.1) is 5.69 Å². The fourth-order valence-electron chi connectivity index (χ4n) is 2.69. The predicted octanol–water partition coefficient (Wildman–Crippen LogP) is 4.35. The Hall–Kier alpha value is -0.850. The van der Waals surface area contributed by atoms with Gasteiger partial charge in [-0.25, -0.2) is 8.42 Å². The Labute approximate surface area is 141 Å². The summed E-state index contributed by atoms with van der Waals surface area (Å²) in [4.78, 5) is 0.286. The van der Waals surface area contributed by atoms with Crippen LogP contribution in [0.15, 0.2) is 56.3 Å². The van der Waals surface area contributed by atoms with Crippen LogP contribution in [0.25, 0.3) is 0 Å². The Morgan fingerprint density at radius 1 is 1.14 bits per heavy atom. The maximum Gasteiger partial charge on any atom is 0.265 e. The number of hydrogen-bond donors (Lipinski definition) is 0. The minimum Gasteiger partial charge on any atom is -0.263 e. The highest BCUT2D eigenvalue weighted by atomic mass is 79.9. The van der Waals surface area contributed by atoms with Crippen LogP contribution in [-0.4, -0.2) is 14.5 Å². The first-order chi connectivity index (χ1) is 9.91. The van der Waals surface area contributed by atoms with Crippen LogP contribution in [0.1, 0.15) is 12.5 Å². The molecule has 6 heteroatoms. The topological polar surface area (TPSA) is 37.4 Å². The van der Waals surface area contributed by atoms with Gasteiger partial charge in [-0.15, -0.1) is 0 Å². The van der Waals surface area contributed by atoms with Crippen LogP contribution < -0.4 is 4.31 Å². The molecule has 1 unspecified atom stereocenters. The Balaban J connectivity index is 2.15. The van der Waals surface area contributed by atoms with E-state index in [9.17, 15) is 8.42 Å². The standard InChI is InChI=1S/C15H13Br2NO2S/c1-10-8-11-4-2-3-5-14(11)18(10)21(19,20)15-7-6-12(16)9-13(15)17/h2-7,9-10H,8H2,1H3. The van der Waals surface area contributed by atoms with Crippen LogP contribution in [0, 0.1) is 0 Å². The largest absolute Gasteiger partial charge is 0.265 e. The summed E-state index contributed by atoms with van der Waals surface area (Å²) in [5, 5.41) is 0. The van der Waals surface area contributed by atoms with Crippen molar-refractivity contribution in [1.82, 2.24) is 0 Å². The molecule has 21 heavy (non-hydrogen) atoms. The van der Waals surface area contributed by atoms with Gasteiger partial charge in [0.25, 0.3) is 10.0 Å². The van der Waals surface area contributed by atoms with Crippen molar-refractivity contribution in [2.75, 3.05) is 4.31 Å². The summed E-state index contributed by atoms with van der Waals surface area (Å²) in [5.74, 6) is 0. The van der Waals surface area contributed by atoms with Crippen LogP contribution in [0.2, 0.25) is 0 Å². The summed E-state index contributed by atoms with van der Waals surface area (Å²) in [5.41, 5.74) is 1.85. The Morgan fingerprint density at radius 2 is 1.86 bits per heavy atom. The van der Waals surface area contributed by atoms with Gasteiger partial charge in [-0.3, -0.25) is 4.31 Å². The van der Waals surface area contributed by atoms with Crippen LogP contribution in [0.4, 0.5) is 5.69 Å². The van der Waals surface area contributed by atoms with E-state index in [2.05, 4.69) is 31.9 Å². The first kappa shape index (κ1) is 15.1. The zero-order chi connectivity index (χ0) is 15.2. The van der Waals surface area contributed by atoms with Crippen LogP contribution in [-0.2, 0) is 16.4 Å². The number of rotatable bonds is 2. The molecular weight excluding hydrogens is 418 g/mol. The number of halogens is 2. The molecule has 1 aliphatic heterocycles. The van der Waals surface area contributed by atoms with Crippen molar-refractivity contribution in [2.45, 2.75) is 24.3 Å². The molecule has 3 rings (SSSR count). The van der Waals surface area contributed by atoms with Crippen molar-refractivity contribution >= 4 is 47.6 Å². The molecule has 0 spiro atoms. The van der Waals surface area contributed by atoms with Gasteiger partial charge in [-0.05, 0) is 59.1 Å². The molecule has 0 fully saturated rings. The molecule has 0 saturated heterocycles. The molecular formula is C15H13Br2NO2S. The summed E-state index contributed by atoms with van der Waals surface area (Å²) in [6.45, 7) is 1.93. The van der Waals surface area contributed by atoms with E-state index in [1.54, 1.807) is 18.2 Å². The number of benzene rings is 2. The summed E-state index contributed by atoms with van der Waals surface area (Å²) in [6.07, 6.45) is 0.740. The quantitative estimate of drug-likeness (QED) is 0.710. The smallest absolute Gasteiger partial charge is 0.263 e. The lowest BCUT2D eigenvalue weighted by molar-refractivity contribution is 0.583. The fraction of sp³-hybridized carbons (Fsp3) is 0.200. The van der Waals surface area contributed by atoms with Gasteiger partial charge in [0.1, 0.15) is 4.90 Å². The van der Waals surface area contributed by atoms with Crippen LogP contribution in [0.5, 0.6) is 0 Å². The van der Waals surface area contributed by atoms with E-state index < -0.39 is 10.0 Å². The summed E-state index contributed by atoms with van der Waals surface area (Å²) in [6, 6.07) is 12.7. The van der Waals surface area contributed by atoms with Crippen molar-refractivity contribution in [3.63, 3.8) is 0 Å². The molecule has 1 aliphatic rings. The lowest BCUT2D eigenvalue weighted by Crippen LogP contribution is -2.35. The van der Waals surface area contributed by atoms with Gasteiger partial charge in [0, 0.05) is 15.0 Å². The first-order valence-electron chi connectivity index (χ1n) is 6.48. The second-order valence-corrected chi connectivity index (χ2v) is 8.61. The van der Waals surface area contributed by atoms with Gasteiger partial charge in [-0.1, -0.05) is 34.1 Å². The van der Waals surface area contributed by atoms with E-state index in [4.69, 9.17) is 0 Å². The van der Waals surface area contributed by atoms with Crippen LogP contribution in [0.3, 0.4) is 0 Å². The molecule has 2 aromatic rings. The molecule has 110 valence electrons. The van der Waals surface area contributed by atoms with Crippen molar-refractivity contribution in [2.24, 2.45) is 0 Å². The predicted molar refractivity (Wildman–Crippen MR) is 91.1 cm³/mol. The minimum absolute atomic E-state index is 0.0806. The highest BCUT2D eigenvalue weighted by molar-refractivity contribution is 9.11. The van der Waals surface area contributed by atoms with Gasteiger partial charge in [0.2, 0.25) is 0 Å². The van der Waals surface area contributed by atoms with Gasteiger partial charge >= 0.3 is 0 Å². The zero-order valence-electron chi connectivity index (χ0n) is 11.3. The lowest BCUT2D eigenvalue weighted by atomic mass is 10.1. The van der Waals surface area contributed by atoms with Crippen molar-refractivity contribution < 1.29 is 8.42 Å². The number of para-hydroxylation sites is 1. The van der Waals surface area contributed by atoms with E-state index >= 15 is 0 Å². The monoisotopic (exact) mass is 429 g/mol. The third-order valence-electron chi connectivity index (χ3n) is 3.58. The lowest BCUT2D eigenvalue weighted by Gasteiger charge is -2.25. The number of sulfonamides is 1. The minimum atomic E-state index is -3.58. The first-order valence-corrected chi connectivity index (χ1v) is 9.51. The second kappa shape index (κ2) is 5.41. The second-order valence-electron chi connectivity index (χ2n) is 5.06. The Kier molecular flexibility index (Phi) is 3.88. The molecule has 0 N–H and O–H groups in total. The van der Waals surface area contributed by atoms with Crippen molar-refractivity contribution in [3.05, 3.63) is 57.0 Å². The van der Waals surface area contributed by atoms with E-state index in [1.165, 1.54) is 4.31 Å². The molecule has 1 atom stereocenters. The maximum absolute atomic E-state index is 13.0. The summed E-state index contributed by atoms with van der Waals surface area (Å²) < 4.78 is 29.0. The van der Waals surface area contributed by atoms with Crippen molar-refractivity contribution in [1.29, 1.82) is 0 Å². The van der Waals surface area contributed by atoms with Crippen LogP contribution >= 0.6 is 31.9 Å². The van der Waals surface area contributed by atoms with Gasteiger partial charge in [0.15, 0.2) is 0 Å². The third-order valence-corrected chi connectivity index (χ3v) is 6.97. The van der Waals surface area contributed by atoms with Crippen molar-refractivity contribution in [3.8, 4) is 0 Å². The van der Waals surface area contributed by atoms with E-state index in [0.717, 1.165) is 22.1 Å². The molecule has 0 aliphatic carbocycles. The van der Waals surface area contributed by atoms with Gasteiger partial charge < -0.3 is 0 Å². The van der Waals surface area contributed by atoms with Gasteiger partial charge in [-0.2, -0.15) is 0 Å². The normalized spacial score (nSPS) is 17.9. The van der Waals surface area contributed by atoms with E-state index in [1.807, 2.05) is 31.2 Å². The summed E-state index contributed by atoms with van der Waals surface area (Å²) in [7, 11) is -3.58. The molecule has 0 radical (unpaired) electrons. The Morgan fingerprint density at radius 3 is 2.57 bits per heavy atom. The number of nitrogens with zero attached hydrogens (tertiary/aromatic N) is 1. The highest BCUT2D eigenvalue weighted by Gasteiger charge is 2.36.